The number of carbonyl (C=O) groups is 1. The van der Waals surface area contributed by atoms with Crippen LogP contribution < -0.4 is 0 Å². The van der Waals surface area contributed by atoms with Crippen molar-refractivity contribution in [3.8, 4) is 0 Å². The minimum absolute atomic E-state index is 0.0887. The van der Waals surface area contributed by atoms with Gasteiger partial charge in [0.15, 0.2) is 0 Å². The molecular formula is C8H12F4O2. The van der Waals surface area contributed by atoms with E-state index in [2.05, 4.69) is 4.74 Å². The molecule has 2 nitrogen and oxygen atoms in total. The molecule has 0 aliphatic carbocycles. The van der Waals surface area contributed by atoms with Gasteiger partial charge in [0, 0.05) is 13.0 Å². The van der Waals surface area contributed by atoms with Crippen LogP contribution in [0, 0.1) is 0 Å². The summed E-state index contributed by atoms with van der Waals surface area (Å²) < 4.78 is 51.8. The van der Waals surface area contributed by atoms with Crippen LogP contribution >= 0.6 is 0 Å². The van der Waals surface area contributed by atoms with Crippen LogP contribution in [0.1, 0.15) is 19.8 Å². The number of ketones is 1. The summed E-state index contributed by atoms with van der Waals surface area (Å²) in [7, 11) is 0. The molecule has 0 saturated carbocycles. The second-order valence-electron chi connectivity index (χ2n) is 2.92. The standard InChI is InChI=1S/C8H12F4O2/c1-6(13)3-2-4-14-5-8(11,12)7(9)10/h7H,2-5H2,1H3. The summed E-state index contributed by atoms with van der Waals surface area (Å²) in [5.74, 6) is -4.19. The molecule has 0 aliphatic rings. The molecule has 0 saturated heterocycles. The largest absolute Gasteiger partial charge is 0.375 e. The molecule has 0 fully saturated rings. The summed E-state index contributed by atoms with van der Waals surface area (Å²) >= 11 is 0. The molecule has 0 aromatic heterocycles. The van der Waals surface area contributed by atoms with Gasteiger partial charge in [0.05, 0.1) is 0 Å². The van der Waals surface area contributed by atoms with Gasteiger partial charge in [-0.25, -0.2) is 8.78 Å². The Morgan fingerprint density at radius 3 is 2.43 bits per heavy atom. The average Bonchev–Trinajstić information content (AvgIpc) is 2.02. The van der Waals surface area contributed by atoms with E-state index in [4.69, 9.17) is 0 Å². The Labute approximate surface area is 79.2 Å². The highest BCUT2D eigenvalue weighted by atomic mass is 19.3. The van der Waals surface area contributed by atoms with Crippen molar-refractivity contribution in [2.75, 3.05) is 13.2 Å². The first-order chi connectivity index (χ1) is 6.36. The fourth-order valence-electron chi connectivity index (χ4n) is 0.694. The molecule has 0 amide bonds. The van der Waals surface area contributed by atoms with E-state index < -0.39 is 19.0 Å². The molecule has 0 aliphatic heterocycles. The van der Waals surface area contributed by atoms with E-state index in [0.717, 1.165) is 0 Å². The van der Waals surface area contributed by atoms with Gasteiger partial charge in [-0.1, -0.05) is 0 Å². The number of hydrogen-bond acceptors (Lipinski definition) is 2. The third-order valence-electron chi connectivity index (χ3n) is 1.43. The molecule has 0 heterocycles. The number of Topliss-reactive ketones (excluding diaryl/α,β-unsaturated/α-hetero) is 1. The number of alkyl halides is 4. The van der Waals surface area contributed by atoms with Crippen LogP contribution in [0.4, 0.5) is 17.6 Å². The molecule has 0 spiro atoms. The highest BCUT2D eigenvalue weighted by Crippen LogP contribution is 2.22. The third-order valence-corrected chi connectivity index (χ3v) is 1.43. The summed E-state index contributed by atoms with van der Waals surface area (Å²) in [6, 6.07) is 0. The van der Waals surface area contributed by atoms with Gasteiger partial charge in [-0.2, -0.15) is 8.78 Å². The molecule has 0 aromatic carbocycles. The monoisotopic (exact) mass is 216 g/mol. The van der Waals surface area contributed by atoms with Crippen LogP contribution in [0.2, 0.25) is 0 Å². The smallest absolute Gasteiger partial charge is 0.330 e. The number of carbonyl (C=O) groups excluding carboxylic acids is 1. The normalized spacial score (nSPS) is 12.1. The molecule has 0 N–H and O–H groups in total. The Bertz CT molecular complexity index is 182. The zero-order valence-electron chi connectivity index (χ0n) is 7.73. The predicted octanol–water partition coefficient (Wildman–Crippen LogP) is 2.27. The van der Waals surface area contributed by atoms with E-state index in [1.807, 2.05) is 0 Å². The molecule has 84 valence electrons. The van der Waals surface area contributed by atoms with Crippen LogP contribution in [0.3, 0.4) is 0 Å². The van der Waals surface area contributed by atoms with E-state index in [1.54, 1.807) is 0 Å². The maximum Gasteiger partial charge on any atom is 0.330 e. The van der Waals surface area contributed by atoms with Crippen molar-refractivity contribution in [2.24, 2.45) is 0 Å². The summed E-state index contributed by atoms with van der Waals surface area (Å²) in [6.45, 7) is -0.0573. The lowest BCUT2D eigenvalue weighted by Crippen LogP contribution is -2.32. The first kappa shape index (κ1) is 13.4. The summed E-state index contributed by atoms with van der Waals surface area (Å²) in [4.78, 5) is 10.4. The summed E-state index contributed by atoms with van der Waals surface area (Å²) in [5.41, 5.74) is 0. The second-order valence-corrected chi connectivity index (χ2v) is 2.92. The maximum atomic E-state index is 12.2. The zero-order chi connectivity index (χ0) is 11.2. The van der Waals surface area contributed by atoms with Crippen molar-refractivity contribution in [1.82, 2.24) is 0 Å². The molecule has 6 heteroatoms. The minimum atomic E-state index is -4.10. The van der Waals surface area contributed by atoms with Crippen molar-refractivity contribution in [1.29, 1.82) is 0 Å². The van der Waals surface area contributed by atoms with Gasteiger partial charge in [-0.3, -0.25) is 0 Å². The topological polar surface area (TPSA) is 26.3 Å². The summed E-state index contributed by atoms with van der Waals surface area (Å²) in [6.07, 6.45) is -3.23. The number of ether oxygens (including phenoxy) is 1. The Kier molecular flexibility index (Phi) is 5.68. The lowest BCUT2D eigenvalue weighted by Gasteiger charge is -2.14. The Morgan fingerprint density at radius 2 is 2.00 bits per heavy atom. The lowest BCUT2D eigenvalue weighted by molar-refractivity contribution is -0.166. The van der Waals surface area contributed by atoms with Crippen molar-refractivity contribution in [3.05, 3.63) is 0 Å². The number of hydrogen-bond donors (Lipinski definition) is 0. The molecule has 0 bridgehead atoms. The molecular weight excluding hydrogens is 204 g/mol. The zero-order valence-corrected chi connectivity index (χ0v) is 7.73. The predicted molar refractivity (Wildman–Crippen MR) is 41.7 cm³/mol. The van der Waals surface area contributed by atoms with Gasteiger partial charge < -0.3 is 9.53 Å². The molecule has 0 unspecified atom stereocenters. The second kappa shape index (κ2) is 5.95. The third kappa shape index (κ3) is 5.90. The van der Waals surface area contributed by atoms with Crippen molar-refractivity contribution >= 4 is 5.78 Å². The molecule has 0 aromatic rings. The van der Waals surface area contributed by atoms with Crippen LogP contribution in [-0.4, -0.2) is 31.3 Å². The van der Waals surface area contributed by atoms with Crippen molar-refractivity contribution in [3.63, 3.8) is 0 Å². The van der Waals surface area contributed by atoms with E-state index in [0.29, 0.717) is 0 Å². The fraction of sp³-hybridized carbons (Fsp3) is 0.875. The van der Waals surface area contributed by atoms with Crippen LogP contribution in [0.25, 0.3) is 0 Å². The average molecular weight is 216 g/mol. The highest BCUT2D eigenvalue weighted by Gasteiger charge is 2.40. The minimum Gasteiger partial charge on any atom is -0.375 e. The van der Waals surface area contributed by atoms with Crippen molar-refractivity contribution in [2.45, 2.75) is 32.1 Å². The molecule has 0 rings (SSSR count). The SMILES string of the molecule is CC(=O)CCCOCC(F)(F)C(F)F. The van der Waals surface area contributed by atoms with Gasteiger partial charge in [0.2, 0.25) is 0 Å². The Hall–Kier alpha value is -0.650. The van der Waals surface area contributed by atoms with E-state index in [1.165, 1.54) is 6.92 Å². The molecule has 0 radical (unpaired) electrons. The van der Waals surface area contributed by atoms with Crippen LogP contribution in [0.15, 0.2) is 0 Å². The maximum absolute atomic E-state index is 12.2. The van der Waals surface area contributed by atoms with Gasteiger partial charge in [-0.05, 0) is 13.3 Å². The first-order valence-corrected chi connectivity index (χ1v) is 4.09. The van der Waals surface area contributed by atoms with Crippen LogP contribution in [0.5, 0.6) is 0 Å². The van der Waals surface area contributed by atoms with E-state index in [-0.39, 0.29) is 25.2 Å². The lowest BCUT2D eigenvalue weighted by atomic mass is 10.2. The van der Waals surface area contributed by atoms with Crippen LogP contribution in [-0.2, 0) is 9.53 Å². The molecule has 14 heavy (non-hydrogen) atoms. The van der Waals surface area contributed by atoms with Gasteiger partial charge >= 0.3 is 12.3 Å². The van der Waals surface area contributed by atoms with E-state index >= 15 is 0 Å². The number of halogens is 4. The van der Waals surface area contributed by atoms with Crippen molar-refractivity contribution < 1.29 is 27.1 Å². The molecule has 0 atom stereocenters. The van der Waals surface area contributed by atoms with Gasteiger partial charge in [-0.15, -0.1) is 0 Å². The Balaban J connectivity index is 3.49. The first-order valence-electron chi connectivity index (χ1n) is 4.09. The highest BCUT2D eigenvalue weighted by molar-refractivity contribution is 5.75. The Morgan fingerprint density at radius 1 is 1.43 bits per heavy atom. The quantitative estimate of drug-likeness (QED) is 0.482. The fourth-order valence-corrected chi connectivity index (χ4v) is 0.694. The van der Waals surface area contributed by atoms with Gasteiger partial charge in [0.25, 0.3) is 0 Å². The summed E-state index contributed by atoms with van der Waals surface area (Å²) in [5, 5.41) is 0. The van der Waals surface area contributed by atoms with Gasteiger partial charge in [0.1, 0.15) is 12.4 Å². The number of rotatable bonds is 7. The van der Waals surface area contributed by atoms with E-state index in [9.17, 15) is 22.4 Å².